The van der Waals surface area contributed by atoms with Gasteiger partial charge in [-0.25, -0.2) is 14.4 Å². The monoisotopic (exact) mass is 923 g/mol. The van der Waals surface area contributed by atoms with Gasteiger partial charge in [-0.15, -0.1) is 10.2 Å². The fourth-order valence-electron chi connectivity index (χ4n) is 4.68. The van der Waals surface area contributed by atoms with Gasteiger partial charge in [-0.2, -0.15) is 53.9 Å². The van der Waals surface area contributed by atoms with Crippen LogP contribution in [0.25, 0.3) is 0 Å². The molecule has 0 fully saturated rings. The molecule has 32 heteroatoms. The minimum atomic E-state index is -4.97. The van der Waals surface area contributed by atoms with Crippen LogP contribution in [0.1, 0.15) is 0 Å². The first-order valence-corrected chi connectivity index (χ1v) is 21.5. The highest BCUT2D eigenvalue weighted by atomic mass is 32.2. The van der Waals surface area contributed by atoms with E-state index in [0.29, 0.717) is 12.1 Å². The Bertz CT molecular complexity index is 2890. The number of carbonyl (C=O) groups is 2. The second-order valence-corrected chi connectivity index (χ2v) is 17.3. The highest BCUT2D eigenvalue weighted by Crippen LogP contribution is 2.34. The number of primary amides is 2. The van der Waals surface area contributed by atoms with Gasteiger partial charge < -0.3 is 32.7 Å². The number of nitrogens with two attached hydrogens (primary N) is 2. The van der Waals surface area contributed by atoms with Crippen molar-refractivity contribution >= 4 is 110 Å². The van der Waals surface area contributed by atoms with Crippen molar-refractivity contribution < 1.29 is 61.5 Å². The van der Waals surface area contributed by atoms with Gasteiger partial charge in [0.25, 0.3) is 40.5 Å². The first-order chi connectivity index (χ1) is 28.2. The number of azo groups is 2. The van der Waals surface area contributed by atoms with Crippen molar-refractivity contribution in [2.24, 2.45) is 31.9 Å². The molecule has 1 heterocycles. The van der Waals surface area contributed by atoms with Gasteiger partial charge in [-0.1, -0.05) is 0 Å². The molecule has 0 aliphatic rings. The van der Waals surface area contributed by atoms with Gasteiger partial charge in [0.05, 0.1) is 42.3 Å². The van der Waals surface area contributed by atoms with Crippen LogP contribution < -0.4 is 38.4 Å². The highest BCUT2D eigenvalue weighted by Gasteiger charge is 2.20. The third-order valence-corrected chi connectivity index (χ3v) is 10.5. The van der Waals surface area contributed by atoms with Crippen LogP contribution in [0, 0.1) is 0 Å². The third kappa shape index (κ3) is 12.3. The highest BCUT2D eigenvalue weighted by molar-refractivity contribution is 7.87. The predicted molar refractivity (Wildman–Crippen MR) is 209 cm³/mol. The lowest BCUT2D eigenvalue weighted by molar-refractivity contribution is 0.258. The van der Waals surface area contributed by atoms with E-state index in [9.17, 15) is 66.3 Å². The van der Waals surface area contributed by atoms with E-state index in [2.05, 4.69) is 56.7 Å². The minimum Gasteiger partial charge on any atom is -0.351 e. The summed E-state index contributed by atoms with van der Waals surface area (Å²) in [6.45, 7) is 0. The maximum atomic E-state index is 12.5. The Morgan fingerprint density at radius 3 is 1.28 bits per heavy atom. The van der Waals surface area contributed by atoms with Crippen LogP contribution in [-0.4, -0.2) is 78.9 Å². The summed E-state index contributed by atoms with van der Waals surface area (Å²) in [4.78, 5) is 42.5. The number of aromatic amines is 1. The quantitative estimate of drug-likeness (QED) is 0.0561. The minimum absolute atomic E-state index is 0.0924. The molecule has 5 aromatic rings. The maximum absolute atomic E-state index is 12.5. The Morgan fingerprint density at radius 2 is 0.918 bits per heavy atom. The molecule has 0 saturated carbocycles. The molecule has 28 nitrogen and oxygen atoms in total. The molecule has 13 N–H and O–H groups in total. The molecule has 1 aromatic heterocycles. The van der Waals surface area contributed by atoms with Gasteiger partial charge in [0.2, 0.25) is 11.9 Å². The summed E-state index contributed by atoms with van der Waals surface area (Å²) in [6.07, 6.45) is 0. The van der Waals surface area contributed by atoms with Crippen molar-refractivity contribution in [1.82, 2.24) is 15.0 Å². The molecule has 0 unspecified atom stereocenters. The van der Waals surface area contributed by atoms with E-state index in [1.54, 1.807) is 0 Å². The standard InChI is InChI=1S/C29H25N13O15S4/c30-25(43)34-23-9-13(1-3-21(23)41-39-15-5-17(58(46,47)48)11-18(6-15)59(49,50)51)32-27-36-28(38-29(45)37-27)33-14-2-4-22(24(10-14)35-26(31)44)42-40-16-7-19(60(52,53)54)12-20(8-16)61(55,56)57/h1-12H,(H3,30,34,43)(H3,31,35,44)(H,46,47,48)(H,49,50,51)(H,52,53,54)(H,55,56,57)(H3,32,33,36,37,38,45). The molecule has 0 radical (unpaired) electrons. The van der Waals surface area contributed by atoms with E-state index in [0.717, 1.165) is 24.3 Å². The number of hydrogen-bond acceptors (Lipinski definition) is 19. The normalized spacial score (nSPS) is 12.3. The van der Waals surface area contributed by atoms with Gasteiger partial charge in [-0.05, 0) is 72.8 Å². The smallest absolute Gasteiger partial charge is 0.351 e. The van der Waals surface area contributed by atoms with Gasteiger partial charge in [-0.3, -0.25) is 23.2 Å². The summed E-state index contributed by atoms with van der Waals surface area (Å²) in [5.41, 5.74) is 8.27. The number of urea groups is 2. The Morgan fingerprint density at radius 1 is 0.541 bits per heavy atom. The Kier molecular flexibility index (Phi) is 12.6. The topological polar surface area (TPSA) is 460 Å². The first-order valence-electron chi connectivity index (χ1n) is 15.7. The number of H-pyrrole nitrogens is 1. The lowest BCUT2D eigenvalue weighted by atomic mass is 10.2. The van der Waals surface area contributed by atoms with Crippen LogP contribution in [0.5, 0.6) is 0 Å². The van der Waals surface area contributed by atoms with Gasteiger partial charge in [0.15, 0.2) is 0 Å². The fraction of sp³-hybridized carbons (Fsp3) is 0. The summed E-state index contributed by atoms with van der Waals surface area (Å²) in [5.74, 6) is -0.596. The summed E-state index contributed by atoms with van der Waals surface area (Å²) in [5, 5.41) is 25.1. The van der Waals surface area contributed by atoms with Crippen LogP contribution in [0.2, 0.25) is 0 Å². The molecule has 0 bridgehead atoms. The predicted octanol–water partition coefficient (Wildman–Crippen LogP) is 3.45. The molecular weight excluding hydrogens is 899 g/mol. The first kappa shape index (κ1) is 44.8. The Hall–Kier alpha value is -7.33. The van der Waals surface area contributed by atoms with Crippen molar-refractivity contribution in [1.29, 1.82) is 0 Å². The third-order valence-electron chi connectivity index (χ3n) is 7.15. The average molecular weight is 924 g/mol. The molecule has 0 aliphatic heterocycles. The lowest BCUT2D eigenvalue weighted by Crippen LogP contribution is -2.19. The molecule has 4 amide bonds. The van der Waals surface area contributed by atoms with Crippen LogP contribution in [0.3, 0.4) is 0 Å². The lowest BCUT2D eigenvalue weighted by Gasteiger charge is -2.12. The van der Waals surface area contributed by atoms with E-state index in [1.807, 2.05) is 0 Å². The van der Waals surface area contributed by atoms with Gasteiger partial charge in [0.1, 0.15) is 11.4 Å². The van der Waals surface area contributed by atoms with Crippen molar-refractivity contribution in [3.05, 3.63) is 83.3 Å². The molecule has 320 valence electrons. The Labute approximate surface area is 341 Å². The zero-order valence-electron chi connectivity index (χ0n) is 29.7. The van der Waals surface area contributed by atoms with Crippen LogP contribution in [0.4, 0.5) is 67.0 Å². The second-order valence-electron chi connectivity index (χ2n) is 11.6. The maximum Gasteiger partial charge on any atom is 0.351 e. The number of anilines is 6. The number of nitrogens with one attached hydrogen (secondary N) is 5. The van der Waals surface area contributed by atoms with Crippen molar-refractivity contribution in [2.45, 2.75) is 19.6 Å². The van der Waals surface area contributed by atoms with Crippen molar-refractivity contribution in [3.8, 4) is 0 Å². The molecule has 0 saturated heterocycles. The number of amides is 4. The molecule has 0 aliphatic carbocycles. The number of hydrogen-bond donors (Lipinski definition) is 11. The molecule has 0 spiro atoms. The van der Waals surface area contributed by atoms with Gasteiger partial charge >= 0.3 is 17.8 Å². The summed E-state index contributed by atoms with van der Waals surface area (Å²) < 4.78 is 131. The SMILES string of the molecule is NC(=O)Nc1cc(Nc2nc(Nc3ccc(N=Nc4cc(S(=O)(=O)O)cc(S(=O)(=O)O)c4)c(NC(N)=O)c3)[nH]c(=O)n2)ccc1N=Nc1cc(S(=O)(=O)O)cc(S(=O)(=O)O)c1. The molecule has 4 aromatic carbocycles. The van der Waals surface area contributed by atoms with Crippen LogP contribution >= 0.6 is 0 Å². The Balaban J connectivity index is 1.42. The summed E-state index contributed by atoms with van der Waals surface area (Å²) >= 11 is 0. The van der Waals surface area contributed by atoms with Crippen LogP contribution in [-0.2, 0) is 40.5 Å². The van der Waals surface area contributed by atoms with E-state index in [4.69, 9.17) is 11.5 Å². The largest absolute Gasteiger partial charge is 0.351 e. The number of carbonyl (C=O) groups excluding carboxylic acids is 2. The number of rotatable bonds is 14. The fourth-order valence-corrected chi connectivity index (χ4v) is 7.01. The van der Waals surface area contributed by atoms with Gasteiger partial charge in [0, 0.05) is 11.4 Å². The van der Waals surface area contributed by atoms with E-state index in [-0.39, 0.29) is 46.0 Å². The van der Waals surface area contributed by atoms with Crippen LogP contribution in [0.15, 0.2) is 118 Å². The summed E-state index contributed by atoms with van der Waals surface area (Å²) in [7, 11) is -19.9. The number of aromatic nitrogens is 3. The summed E-state index contributed by atoms with van der Waals surface area (Å²) in [6, 6.07) is 9.25. The van der Waals surface area contributed by atoms with E-state index >= 15 is 0 Å². The molecule has 0 atom stereocenters. The molecule has 5 rings (SSSR count). The molecule has 61 heavy (non-hydrogen) atoms. The molecular formula is C29H25N13O15S4. The second kappa shape index (κ2) is 17.1. The number of benzene rings is 4. The number of nitrogens with zero attached hydrogens (tertiary/aromatic N) is 6. The van der Waals surface area contributed by atoms with Crippen molar-refractivity contribution in [2.75, 3.05) is 21.3 Å². The van der Waals surface area contributed by atoms with E-state index in [1.165, 1.54) is 36.4 Å². The average Bonchev–Trinajstić information content (AvgIpc) is 3.12. The van der Waals surface area contributed by atoms with E-state index < -0.39 is 89.2 Å². The zero-order valence-corrected chi connectivity index (χ0v) is 32.9. The van der Waals surface area contributed by atoms with Crippen molar-refractivity contribution in [3.63, 3.8) is 0 Å². The zero-order chi connectivity index (χ0) is 45.1.